The maximum atomic E-state index is 13.1. The standard InChI is InChI=1S/C24H19Br2N5O2S/c25-17-12-10-16(11-13-17)22-30-31-24(34-22)29-21(32)20(14-15-6-2-1-3-7-15)28-23(33)27-19-9-5-4-8-18(19)26/h1-13,20H,14H2,(H2,27,28,33)(H,29,31,32). The lowest BCUT2D eigenvalue weighted by Gasteiger charge is -2.18. The number of para-hydroxylation sites is 1. The largest absolute Gasteiger partial charge is 0.326 e. The molecule has 0 aliphatic carbocycles. The molecule has 0 saturated carbocycles. The van der Waals surface area contributed by atoms with Gasteiger partial charge < -0.3 is 10.6 Å². The predicted molar refractivity (Wildman–Crippen MR) is 142 cm³/mol. The number of carbonyl (C=O) groups is 2. The van der Waals surface area contributed by atoms with Gasteiger partial charge in [0.2, 0.25) is 11.0 Å². The number of carbonyl (C=O) groups excluding carboxylic acids is 2. The number of hydrogen-bond donors (Lipinski definition) is 3. The summed E-state index contributed by atoms with van der Waals surface area (Å²) in [4.78, 5) is 25.8. The van der Waals surface area contributed by atoms with Crippen LogP contribution in [0.3, 0.4) is 0 Å². The number of amides is 3. The molecule has 172 valence electrons. The van der Waals surface area contributed by atoms with Gasteiger partial charge in [0, 0.05) is 20.9 Å². The fourth-order valence-electron chi connectivity index (χ4n) is 3.11. The Bertz CT molecular complexity index is 1280. The van der Waals surface area contributed by atoms with Crippen molar-refractivity contribution in [1.82, 2.24) is 15.5 Å². The lowest BCUT2D eigenvalue weighted by molar-refractivity contribution is -0.117. The second kappa shape index (κ2) is 11.4. The molecule has 10 heteroatoms. The molecule has 1 unspecified atom stereocenters. The van der Waals surface area contributed by atoms with Gasteiger partial charge in [0.1, 0.15) is 11.0 Å². The van der Waals surface area contributed by atoms with Gasteiger partial charge in [-0.15, -0.1) is 10.2 Å². The van der Waals surface area contributed by atoms with Crippen LogP contribution in [-0.4, -0.2) is 28.2 Å². The fraction of sp³-hybridized carbons (Fsp3) is 0.0833. The summed E-state index contributed by atoms with van der Waals surface area (Å²) < 4.78 is 1.70. The number of benzene rings is 3. The molecule has 3 amide bonds. The summed E-state index contributed by atoms with van der Waals surface area (Å²) in [6.07, 6.45) is 0.314. The van der Waals surface area contributed by atoms with Gasteiger partial charge in [0.15, 0.2) is 0 Å². The van der Waals surface area contributed by atoms with E-state index in [1.807, 2.05) is 72.8 Å². The minimum Gasteiger partial charge on any atom is -0.326 e. The average molecular weight is 601 g/mol. The average Bonchev–Trinajstić information content (AvgIpc) is 3.29. The Morgan fingerprint density at radius 1 is 0.853 bits per heavy atom. The first-order valence-corrected chi connectivity index (χ1v) is 12.6. The fourth-order valence-corrected chi connectivity index (χ4v) is 4.51. The summed E-state index contributed by atoms with van der Waals surface area (Å²) in [6, 6.07) is 23.1. The molecule has 0 saturated heterocycles. The van der Waals surface area contributed by atoms with Crippen LogP contribution in [0.15, 0.2) is 87.8 Å². The zero-order valence-electron chi connectivity index (χ0n) is 17.7. The van der Waals surface area contributed by atoms with Crippen molar-refractivity contribution in [1.29, 1.82) is 0 Å². The first-order chi connectivity index (χ1) is 16.5. The van der Waals surface area contributed by atoms with Crippen LogP contribution in [0.25, 0.3) is 10.6 Å². The zero-order chi connectivity index (χ0) is 23.9. The van der Waals surface area contributed by atoms with Crippen LogP contribution < -0.4 is 16.0 Å². The molecule has 0 fully saturated rings. The highest BCUT2D eigenvalue weighted by Crippen LogP contribution is 2.27. The van der Waals surface area contributed by atoms with Crippen molar-refractivity contribution in [2.24, 2.45) is 0 Å². The highest BCUT2D eigenvalue weighted by molar-refractivity contribution is 9.10. The summed E-state index contributed by atoms with van der Waals surface area (Å²) >= 11 is 8.08. The van der Waals surface area contributed by atoms with E-state index in [2.05, 4.69) is 58.0 Å². The van der Waals surface area contributed by atoms with Gasteiger partial charge >= 0.3 is 6.03 Å². The lowest BCUT2D eigenvalue weighted by atomic mass is 10.1. The lowest BCUT2D eigenvalue weighted by Crippen LogP contribution is -2.47. The minimum absolute atomic E-state index is 0.314. The molecule has 1 aromatic heterocycles. The molecule has 0 bridgehead atoms. The van der Waals surface area contributed by atoms with Crippen LogP contribution in [0.1, 0.15) is 5.56 Å². The molecule has 3 aromatic carbocycles. The molecule has 0 aliphatic rings. The summed E-state index contributed by atoms with van der Waals surface area (Å²) in [5.74, 6) is -0.385. The number of urea groups is 1. The zero-order valence-corrected chi connectivity index (χ0v) is 21.7. The highest BCUT2D eigenvalue weighted by atomic mass is 79.9. The number of halogens is 2. The Labute approximate surface area is 217 Å². The highest BCUT2D eigenvalue weighted by Gasteiger charge is 2.23. The number of nitrogens with zero attached hydrogens (tertiary/aromatic N) is 2. The van der Waals surface area contributed by atoms with Gasteiger partial charge in [0.25, 0.3) is 0 Å². The van der Waals surface area contributed by atoms with Crippen molar-refractivity contribution in [3.63, 3.8) is 0 Å². The van der Waals surface area contributed by atoms with Gasteiger partial charge in [-0.25, -0.2) is 4.79 Å². The third kappa shape index (κ3) is 6.49. The number of rotatable bonds is 7. The molecule has 34 heavy (non-hydrogen) atoms. The van der Waals surface area contributed by atoms with E-state index in [4.69, 9.17) is 0 Å². The maximum absolute atomic E-state index is 13.1. The van der Waals surface area contributed by atoms with E-state index >= 15 is 0 Å². The minimum atomic E-state index is -0.829. The Balaban J connectivity index is 1.48. The summed E-state index contributed by atoms with van der Waals surface area (Å²) in [6.45, 7) is 0. The Morgan fingerprint density at radius 3 is 2.29 bits per heavy atom. The van der Waals surface area contributed by atoms with E-state index in [-0.39, 0.29) is 5.91 Å². The third-order valence-electron chi connectivity index (χ3n) is 4.77. The van der Waals surface area contributed by atoms with Gasteiger partial charge in [-0.1, -0.05) is 81.9 Å². The van der Waals surface area contributed by atoms with Crippen molar-refractivity contribution < 1.29 is 9.59 Å². The molecule has 4 rings (SSSR count). The predicted octanol–water partition coefficient (Wildman–Crippen LogP) is 6.10. The third-order valence-corrected chi connectivity index (χ3v) is 6.88. The van der Waals surface area contributed by atoms with Crippen molar-refractivity contribution in [3.8, 4) is 10.6 Å². The first-order valence-electron chi connectivity index (χ1n) is 10.2. The van der Waals surface area contributed by atoms with E-state index in [1.54, 1.807) is 6.07 Å². The molecule has 0 radical (unpaired) electrons. The molecular weight excluding hydrogens is 582 g/mol. The van der Waals surface area contributed by atoms with E-state index in [1.165, 1.54) is 11.3 Å². The van der Waals surface area contributed by atoms with Crippen molar-refractivity contribution in [2.75, 3.05) is 10.6 Å². The van der Waals surface area contributed by atoms with E-state index in [0.717, 1.165) is 20.1 Å². The summed E-state index contributed by atoms with van der Waals surface area (Å²) in [5, 5.41) is 17.6. The van der Waals surface area contributed by atoms with Gasteiger partial charge in [-0.05, 0) is 45.8 Å². The number of aromatic nitrogens is 2. The monoisotopic (exact) mass is 599 g/mol. The summed E-state index contributed by atoms with van der Waals surface area (Å²) in [7, 11) is 0. The molecule has 4 aromatic rings. The Kier molecular flexibility index (Phi) is 8.04. The first kappa shape index (κ1) is 24.1. The SMILES string of the molecule is O=C(Nc1ccccc1Br)NC(Cc1ccccc1)C(=O)Nc1nnc(-c2ccc(Br)cc2)s1. The van der Waals surface area contributed by atoms with Crippen LogP contribution in [-0.2, 0) is 11.2 Å². The number of nitrogens with one attached hydrogen (secondary N) is 3. The van der Waals surface area contributed by atoms with Crippen molar-refractivity contribution in [2.45, 2.75) is 12.5 Å². The van der Waals surface area contributed by atoms with Crippen LogP contribution in [0, 0.1) is 0 Å². The Hall–Kier alpha value is -3.08. The van der Waals surface area contributed by atoms with Gasteiger partial charge in [-0.3, -0.25) is 10.1 Å². The topological polar surface area (TPSA) is 96.0 Å². The molecule has 0 spiro atoms. The van der Waals surface area contributed by atoms with Crippen molar-refractivity contribution >= 4 is 66.0 Å². The molecule has 0 aliphatic heterocycles. The van der Waals surface area contributed by atoms with E-state index in [9.17, 15) is 9.59 Å². The Morgan fingerprint density at radius 2 is 1.56 bits per heavy atom. The van der Waals surface area contributed by atoms with Crippen LogP contribution in [0.4, 0.5) is 15.6 Å². The molecule has 7 nitrogen and oxygen atoms in total. The molecular formula is C24H19Br2N5O2S. The normalized spacial score (nSPS) is 11.5. The number of anilines is 2. The molecule has 1 heterocycles. The van der Waals surface area contributed by atoms with E-state index in [0.29, 0.717) is 22.2 Å². The second-order valence-electron chi connectivity index (χ2n) is 7.23. The summed E-state index contributed by atoms with van der Waals surface area (Å²) in [5.41, 5.74) is 2.41. The molecule has 1 atom stereocenters. The van der Waals surface area contributed by atoms with Gasteiger partial charge in [-0.2, -0.15) is 0 Å². The van der Waals surface area contributed by atoms with Gasteiger partial charge in [0.05, 0.1) is 5.69 Å². The van der Waals surface area contributed by atoms with Crippen LogP contribution >= 0.6 is 43.2 Å². The van der Waals surface area contributed by atoms with Crippen molar-refractivity contribution in [3.05, 3.63) is 93.4 Å². The smallest absolute Gasteiger partial charge is 0.319 e. The number of hydrogen-bond acceptors (Lipinski definition) is 5. The van der Waals surface area contributed by atoms with Crippen LogP contribution in [0.2, 0.25) is 0 Å². The second-order valence-corrected chi connectivity index (χ2v) is 9.98. The maximum Gasteiger partial charge on any atom is 0.319 e. The quantitative estimate of drug-likeness (QED) is 0.239. The van der Waals surface area contributed by atoms with Crippen LogP contribution in [0.5, 0.6) is 0 Å². The molecule has 3 N–H and O–H groups in total. The van der Waals surface area contributed by atoms with E-state index < -0.39 is 12.1 Å².